The summed E-state index contributed by atoms with van der Waals surface area (Å²) in [5, 5.41) is 10.6. The molecule has 0 saturated heterocycles. The van der Waals surface area contributed by atoms with Gasteiger partial charge in [0.2, 0.25) is 0 Å². The molecular weight excluding hydrogens is 324 g/mol. The van der Waals surface area contributed by atoms with E-state index in [0.717, 1.165) is 40.8 Å². The number of hydrogen-bond donors (Lipinski definition) is 2. The van der Waals surface area contributed by atoms with Gasteiger partial charge in [0, 0.05) is 11.1 Å². The number of aromatic nitrogens is 2. The first-order valence-electron chi connectivity index (χ1n) is 9.41. The molecule has 26 heavy (non-hydrogen) atoms. The van der Waals surface area contributed by atoms with Crippen molar-refractivity contribution in [3.05, 3.63) is 53.6 Å². The molecule has 0 bridgehead atoms. The van der Waals surface area contributed by atoms with Gasteiger partial charge in [-0.1, -0.05) is 43.5 Å². The van der Waals surface area contributed by atoms with Crippen molar-refractivity contribution in [3.63, 3.8) is 0 Å². The summed E-state index contributed by atoms with van der Waals surface area (Å²) >= 11 is 0. The van der Waals surface area contributed by atoms with Crippen LogP contribution in [-0.4, -0.2) is 20.9 Å². The third kappa shape index (κ3) is 3.29. The van der Waals surface area contributed by atoms with Crippen LogP contribution in [0.4, 0.5) is 0 Å². The first-order valence-corrected chi connectivity index (χ1v) is 9.41. The molecule has 0 spiro atoms. The number of carbonyl (C=O) groups is 1. The maximum atomic E-state index is 11.5. The minimum absolute atomic E-state index is 0.0455. The highest BCUT2D eigenvalue weighted by Gasteiger charge is 2.23. The Balaban J connectivity index is 1.58. The van der Waals surface area contributed by atoms with Crippen molar-refractivity contribution in [3.8, 4) is 11.4 Å². The van der Waals surface area contributed by atoms with Gasteiger partial charge in [0.15, 0.2) is 5.78 Å². The van der Waals surface area contributed by atoms with Crippen LogP contribution in [-0.2, 0) is 0 Å². The van der Waals surface area contributed by atoms with Crippen molar-refractivity contribution in [1.82, 2.24) is 9.97 Å². The van der Waals surface area contributed by atoms with Gasteiger partial charge in [-0.2, -0.15) is 0 Å². The molecular formula is C22H24N2O2. The summed E-state index contributed by atoms with van der Waals surface area (Å²) in [6, 6.07) is 13.5. The fourth-order valence-corrected chi connectivity index (χ4v) is 3.93. The summed E-state index contributed by atoms with van der Waals surface area (Å²) in [5.41, 5.74) is 4.34. The molecule has 4 rings (SSSR count). The first-order chi connectivity index (χ1) is 12.6. The Morgan fingerprint density at radius 1 is 1.12 bits per heavy atom. The highest BCUT2D eigenvalue weighted by molar-refractivity contribution is 5.97. The van der Waals surface area contributed by atoms with Crippen molar-refractivity contribution in [2.45, 2.75) is 45.1 Å². The van der Waals surface area contributed by atoms with Crippen molar-refractivity contribution < 1.29 is 9.90 Å². The van der Waals surface area contributed by atoms with E-state index in [2.05, 4.69) is 9.97 Å². The number of rotatable bonds is 4. The fourth-order valence-electron chi connectivity index (χ4n) is 3.93. The standard InChI is InChI=1S/C22H24N2O2/c1-14(25)18-11-12-19-20(13-18)24-22(23-19)17-9-7-16(8-10-17)21(26)15-5-3-2-4-6-15/h7-13,15,21,26H,2-6H2,1H3,(H,23,24). The second-order valence-corrected chi connectivity index (χ2v) is 7.34. The summed E-state index contributed by atoms with van der Waals surface area (Å²) < 4.78 is 0. The van der Waals surface area contributed by atoms with E-state index in [1.807, 2.05) is 36.4 Å². The number of ketones is 1. The Morgan fingerprint density at radius 2 is 1.85 bits per heavy atom. The zero-order valence-corrected chi connectivity index (χ0v) is 15.0. The number of nitrogens with zero attached hydrogens (tertiary/aromatic N) is 1. The molecule has 2 aromatic carbocycles. The predicted molar refractivity (Wildman–Crippen MR) is 103 cm³/mol. The van der Waals surface area contributed by atoms with Gasteiger partial charge in [-0.3, -0.25) is 4.79 Å². The molecule has 4 heteroatoms. The molecule has 0 radical (unpaired) electrons. The van der Waals surface area contributed by atoms with Crippen LogP contribution in [0.5, 0.6) is 0 Å². The predicted octanol–water partition coefficient (Wildman–Crippen LogP) is 5.05. The molecule has 1 aliphatic carbocycles. The lowest BCUT2D eigenvalue weighted by atomic mass is 9.82. The number of imidazole rings is 1. The van der Waals surface area contributed by atoms with E-state index in [9.17, 15) is 9.90 Å². The van der Waals surface area contributed by atoms with Gasteiger partial charge in [-0.15, -0.1) is 0 Å². The summed E-state index contributed by atoms with van der Waals surface area (Å²) in [4.78, 5) is 19.5. The molecule has 4 nitrogen and oxygen atoms in total. The maximum absolute atomic E-state index is 11.5. The third-order valence-electron chi connectivity index (χ3n) is 5.51. The van der Waals surface area contributed by atoms with Gasteiger partial charge in [-0.25, -0.2) is 4.98 Å². The van der Waals surface area contributed by atoms with Crippen LogP contribution < -0.4 is 0 Å². The molecule has 1 heterocycles. The fraction of sp³-hybridized carbons (Fsp3) is 0.364. The van der Waals surface area contributed by atoms with Crippen LogP contribution in [0.3, 0.4) is 0 Å². The highest BCUT2D eigenvalue weighted by atomic mass is 16.3. The highest BCUT2D eigenvalue weighted by Crippen LogP contribution is 2.35. The number of H-pyrrole nitrogens is 1. The van der Waals surface area contributed by atoms with Gasteiger partial charge in [-0.05, 0) is 49.4 Å². The molecule has 1 aliphatic rings. The quantitative estimate of drug-likeness (QED) is 0.649. The van der Waals surface area contributed by atoms with E-state index in [0.29, 0.717) is 11.5 Å². The minimum Gasteiger partial charge on any atom is -0.388 e. The Labute approximate surface area is 153 Å². The van der Waals surface area contributed by atoms with E-state index in [1.165, 1.54) is 19.3 Å². The first kappa shape index (κ1) is 17.0. The number of fused-ring (bicyclic) bond motifs is 1. The third-order valence-corrected chi connectivity index (χ3v) is 5.51. The normalized spacial score (nSPS) is 16.7. The number of benzene rings is 2. The Hall–Kier alpha value is -2.46. The number of aliphatic hydroxyl groups is 1. The molecule has 1 atom stereocenters. The van der Waals surface area contributed by atoms with E-state index < -0.39 is 0 Å². The number of aliphatic hydroxyl groups excluding tert-OH is 1. The van der Waals surface area contributed by atoms with E-state index in [-0.39, 0.29) is 11.9 Å². The van der Waals surface area contributed by atoms with Crippen molar-refractivity contribution in [1.29, 1.82) is 0 Å². The van der Waals surface area contributed by atoms with Crippen LogP contribution in [0, 0.1) is 5.92 Å². The molecule has 0 amide bonds. The van der Waals surface area contributed by atoms with Crippen LogP contribution >= 0.6 is 0 Å². The summed E-state index contributed by atoms with van der Waals surface area (Å²) in [6.07, 6.45) is 5.59. The topological polar surface area (TPSA) is 66.0 Å². The summed E-state index contributed by atoms with van der Waals surface area (Å²) in [6.45, 7) is 1.56. The lowest BCUT2D eigenvalue weighted by Crippen LogP contribution is -2.15. The molecule has 1 saturated carbocycles. The van der Waals surface area contributed by atoms with Crippen LogP contribution in [0.2, 0.25) is 0 Å². The average molecular weight is 348 g/mol. The van der Waals surface area contributed by atoms with Crippen LogP contribution in [0.1, 0.15) is 61.1 Å². The van der Waals surface area contributed by atoms with Crippen molar-refractivity contribution in [2.24, 2.45) is 5.92 Å². The van der Waals surface area contributed by atoms with Crippen LogP contribution in [0.15, 0.2) is 42.5 Å². The number of carbonyl (C=O) groups excluding carboxylic acids is 1. The lowest BCUT2D eigenvalue weighted by molar-refractivity contribution is 0.0848. The minimum atomic E-state index is -0.377. The summed E-state index contributed by atoms with van der Waals surface area (Å²) in [7, 11) is 0. The average Bonchev–Trinajstić information content (AvgIpc) is 3.11. The number of nitrogens with one attached hydrogen (secondary N) is 1. The largest absolute Gasteiger partial charge is 0.388 e. The smallest absolute Gasteiger partial charge is 0.159 e. The van der Waals surface area contributed by atoms with Gasteiger partial charge in [0.05, 0.1) is 17.1 Å². The van der Waals surface area contributed by atoms with Crippen molar-refractivity contribution in [2.75, 3.05) is 0 Å². The SMILES string of the molecule is CC(=O)c1ccc2nc(-c3ccc(C(O)C4CCCCC4)cc3)[nH]c2c1. The number of aromatic amines is 1. The Bertz CT molecular complexity index is 921. The second-order valence-electron chi connectivity index (χ2n) is 7.34. The molecule has 2 N–H and O–H groups in total. The zero-order chi connectivity index (χ0) is 18.1. The molecule has 134 valence electrons. The molecule has 1 unspecified atom stereocenters. The van der Waals surface area contributed by atoms with Gasteiger partial charge < -0.3 is 10.1 Å². The zero-order valence-electron chi connectivity index (χ0n) is 15.0. The van der Waals surface area contributed by atoms with Gasteiger partial charge >= 0.3 is 0 Å². The van der Waals surface area contributed by atoms with Crippen molar-refractivity contribution >= 4 is 16.8 Å². The lowest BCUT2D eigenvalue weighted by Gasteiger charge is -2.26. The van der Waals surface area contributed by atoms with E-state index >= 15 is 0 Å². The molecule has 1 aromatic heterocycles. The maximum Gasteiger partial charge on any atom is 0.159 e. The second kappa shape index (κ2) is 7.04. The van der Waals surface area contributed by atoms with Crippen LogP contribution in [0.25, 0.3) is 22.4 Å². The molecule has 3 aromatic rings. The number of hydrogen-bond acceptors (Lipinski definition) is 3. The number of Topliss-reactive ketones (excluding diaryl/α,β-unsaturated/α-hetero) is 1. The monoisotopic (exact) mass is 348 g/mol. The van der Waals surface area contributed by atoms with Gasteiger partial charge in [0.25, 0.3) is 0 Å². The Morgan fingerprint density at radius 3 is 2.54 bits per heavy atom. The Kier molecular flexibility index (Phi) is 4.60. The van der Waals surface area contributed by atoms with Gasteiger partial charge in [0.1, 0.15) is 5.82 Å². The molecule has 1 fully saturated rings. The summed E-state index contributed by atoms with van der Waals surface area (Å²) in [5.74, 6) is 1.20. The van der Waals surface area contributed by atoms with E-state index in [4.69, 9.17) is 0 Å². The molecule has 0 aliphatic heterocycles. The van der Waals surface area contributed by atoms with E-state index in [1.54, 1.807) is 13.0 Å².